The molecule has 2 amide bonds. The fourth-order valence-corrected chi connectivity index (χ4v) is 1.39. The highest BCUT2D eigenvalue weighted by Gasteiger charge is 2.12. The normalized spacial score (nSPS) is 10.9. The number of aryl methyl sites for hydroxylation is 2. The first-order chi connectivity index (χ1) is 7.26. The molecular weight excluding hydrogens is 258 g/mol. The summed E-state index contributed by atoms with van der Waals surface area (Å²) in [7, 11) is 0.679. The van der Waals surface area contributed by atoms with Gasteiger partial charge in [0.2, 0.25) is 5.95 Å². The van der Waals surface area contributed by atoms with Crippen LogP contribution in [0.3, 0.4) is 0 Å². The maximum Gasteiger partial charge on any atom is 0.336 e. The zero-order valence-electron chi connectivity index (χ0n) is 8.35. The van der Waals surface area contributed by atoms with Crippen molar-refractivity contribution >= 4 is 31.9 Å². The fourth-order valence-electron chi connectivity index (χ4n) is 0.909. The van der Waals surface area contributed by atoms with E-state index in [-0.39, 0.29) is 5.95 Å². The third-order valence-corrected chi connectivity index (χ3v) is 1.96. The minimum absolute atomic E-state index is 0.0529. The topological polar surface area (TPSA) is 114 Å². The standard InChI is InChI=1S/C6H8ClN5O3S/c1-3-8-4(2)10-5(9-3)11-6(13)12-16(7,14)15/h1-2H3,(H2,8,9,10,11,12,13). The number of amides is 2. The molecule has 16 heavy (non-hydrogen) atoms. The Morgan fingerprint density at radius 3 is 2.12 bits per heavy atom. The first kappa shape index (κ1) is 12.6. The van der Waals surface area contributed by atoms with Gasteiger partial charge in [0.25, 0.3) is 0 Å². The molecule has 0 aliphatic carbocycles. The van der Waals surface area contributed by atoms with E-state index < -0.39 is 15.3 Å². The first-order valence-corrected chi connectivity index (χ1v) is 6.30. The molecule has 0 aliphatic rings. The number of aromatic nitrogens is 3. The Bertz CT molecular complexity index is 497. The maximum absolute atomic E-state index is 11.1. The van der Waals surface area contributed by atoms with Gasteiger partial charge in [-0.3, -0.25) is 5.32 Å². The Labute approximate surface area is 96.0 Å². The predicted molar refractivity (Wildman–Crippen MR) is 56.2 cm³/mol. The van der Waals surface area contributed by atoms with E-state index >= 15 is 0 Å². The lowest BCUT2D eigenvalue weighted by atomic mass is 10.6. The molecule has 8 nitrogen and oxygen atoms in total. The number of halogens is 1. The van der Waals surface area contributed by atoms with Crippen molar-refractivity contribution in [2.24, 2.45) is 0 Å². The second-order valence-electron chi connectivity index (χ2n) is 2.75. The van der Waals surface area contributed by atoms with Crippen LogP contribution < -0.4 is 10.0 Å². The Morgan fingerprint density at radius 1 is 1.19 bits per heavy atom. The summed E-state index contributed by atoms with van der Waals surface area (Å²) in [4.78, 5) is 22.5. The number of urea groups is 1. The van der Waals surface area contributed by atoms with Crippen molar-refractivity contribution in [1.82, 2.24) is 19.7 Å². The molecule has 1 rings (SSSR count). The molecule has 0 unspecified atom stereocenters. The van der Waals surface area contributed by atoms with Crippen molar-refractivity contribution in [1.29, 1.82) is 0 Å². The Kier molecular flexibility index (Phi) is 3.60. The molecule has 0 saturated carbocycles. The molecule has 0 aliphatic heterocycles. The lowest BCUT2D eigenvalue weighted by Gasteiger charge is -2.04. The van der Waals surface area contributed by atoms with E-state index in [1.54, 1.807) is 13.8 Å². The molecule has 1 heterocycles. The zero-order valence-corrected chi connectivity index (χ0v) is 9.93. The fraction of sp³-hybridized carbons (Fsp3) is 0.333. The van der Waals surface area contributed by atoms with Crippen LogP contribution in [0.1, 0.15) is 11.6 Å². The molecule has 1 aromatic rings. The summed E-state index contributed by atoms with van der Waals surface area (Å²) >= 11 is 0. The molecule has 0 radical (unpaired) electrons. The SMILES string of the molecule is Cc1nc(C)nc(NC(=O)NS(=O)(=O)Cl)n1. The monoisotopic (exact) mass is 265 g/mol. The van der Waals surface area contributed by atoms with Crippen molar-refractivity contribution in [3.63, 3.8) is 0 Å². The summed E-state index contributed by atoms with van der Waals surface area (Å²) in [6.45, 7) is 3.21. The van der Waals surface area contributed by atoms with E-state index in [9.17, 15) is 13.2 Å². The highest BCUT2D eigenvalue weighted by atomic mass is 35.7. The average Bonchev–Trinajstić information content (AvgIpc) is 1.96. The summed E-state index contributed by atoms with van der Waals surface area (Å²) in [6, 6.07) is -1.04. The summed E-state index contributed by atoms with van der Waals surface area (Å²) in [5, 5.41) is 2.10. The molecule has 1 aromatic heterocycles. The Hall–Kier alpha value is -1.48. The van der Waals surface area contributed by atoms with Crippen LogP contribution in [0.5, 0.6) is 0 Å². The summed E-state index contributed by atoms with van der Waals surface area (Å²) in [6.07, 6.45) is 0. The number of hydrogen-bond acceptors (Lipinski definition) is 6. The van der Waals surface area contributed by atoms with Gasteiger partial charge in [-0.2, -0.15) is 18.4 Å². The van der Waals surface area contributed by atoms with Gasteiger partial charge in [0.15, 0.2) is 0 Å². The highest BCUT2D eigenvalue weighted by Crippen LogP contribution is 2.00. The van der Waals surface area contributed by atoms with Crippen molar-refractivity contribution < 1.29 is 13.2 Å². The van der Waals surface area contributed by atoms with Gasteiger partial charge >= 0.3 is 15.3 Å². The smallest absolute Gasteiger partial charge is 0.275 e. The van der Waals surface area contributed by atoms with Crippen LogP contribution in [0.2, 0.25) is 0 Å². The summed E-state index contributed by atoms with van der Waals surface area (Å²) in [5.74, 6) is 0.746. The second kappa shape index (κ2) is 4.58. The molecule has 0 bridgehead atoms. The van der Waals surface area contributed by atoms with E-state index in [1.807, 2.05) is 0 Å². The zero-order chi connectivity index (χ0) is 12.3. The predicted octanol–water partition coefficient (Wildman–Crippen LogP) is 0.0935. The number of nitrogens with zero attached hydrogens (tertiary/aromatic N) is 3. The number of carbonyl (C=O) groups is 1. The van der Waals surface area contributed by atoms with Crippen LogP contribution in [-0.4, -0.2) is 29.4 Å². The molecule has 0 saturated heterocycles. The highest BCUT2D eigenvalue weighted by molar-refractivity contribution is 8.12. The van der Waals surface area contributed by atoms with E-state index in [0.717, 1.165) is 0 Å². The molecule has 2 N–H and O–H groups in total. The van der Waals surface area contributed by atoms with Gasteiger partial charge in [-0.15, -0.1) is 0 Å². The van der Waals surface area contributed by atoms with Crippen LogP contribution in [0, 0.1) is 13.8 Å². The van der Waals surface area contributed by atoms with Crippen LogP contribution >= 0.6 is 10.7 Å². The average molecular weight is 266 g/mol. The van der Waals surface area contributed by atoms with Gasteiger partial charge < -0.3 is 0 Å². The minimum Gasteiger partial charge on any atom is -0.275 e. The Morgan fingerprint density at radius 2 is 1.69 bits per heavy atom. The first-order valence-electron chi connectivity index (χ1n) is 3.99. The molecule has 10 heteroatoms. The van der Waals surface area contributed by atoms with Crippen molar-refractivity contribution in [3.8, 4) is 0 Å². The Balaban J connectivity index is 2.77. The van der Waals surface area contributed by atoms with Gasteiger partial charge in [-0.05, 0) is 13.8 Å². The van der Waals surface area contributed by atoms with Gasteiger partial charge in [-0.1, -0.05) is 0 Å². The number of anilines is 1. The van der Waals surface area contributed by atoms with Crippen LogP contribution in [0.25, 0.3) is 0 Å². The van der Waals surface area contributed by atoms with Gasteiger partial charge in [0.05, 0.1) is 0 Å². The third-order valence-electron chi connectivity index (χ3n) is 1.30. The quantitative estimate of drug-likeness (QED) is 0.733. The summed E-state index contributed by atoms with van der Waals surface area (Å²) in [5.41, 5.74) is 0. The largest absolute Gasteiger partial charge is 0.336 e. The minimum atomic E-state index is -4.12. The second-order valence-corrected chi connectivity index (χ2v) is 5.05. The maximum atomic E-state index is 11.1. The lowest BCUT2D eigenvalue weighted by Crippen LogP contribution is -2.32. The van der Waals surface area contributed by atoms with E-state index in [1.165, 1.54) is 4.72 Å². The van der Waals surface area contributed by atoms with Crippen LogP contribution in [-0.2, 0) is 9.24 Å². The molecule has 88 valence electrons. The molecule has 0 spiro atoms. The number of hydrogen-bond donors (Lipinski definition) is 2. The number of rotatable bonds is 2. The molecular formula is C6H8ClN5O3S. The lowest BCUT2D eigenvalue weighted by molar-refractivity contribution is 0.256. The van der Waals surface area contributed by atoms with E-state index in [4.69, 9.17) is 10.7 Å². The van der Waals surface area contributed by atoms with E-state index in [2.05, 4.69) is 20.3 Å². The molecule has 0 aromatic carbocycles. The third kappa shape index (κ3) is 4.36. The number of nitrogens with one attached hydrogen (secondary N) is 2. The summed E-state index contributed by atoms with van der Waals surface area (Å²) < 4.78 is 22.5. The van der Waals surface area contributed by atoms with Gasteiger partial charge in [0, 0.05) is 10.7 Å². The number of carbonyl (C=O) groups excluding carboxylic acids is 1. The van der Waals surface area contributed by atoms with Crippen LogP contribution in [0.15, 0.2) is 0 Å². The van der Waals surface area contributed by atoms with Crippen molar-refractivity contribution in [3.05, 3.63) is 11.6 Å². The van der Waals surface area contributed by atoms with Gasteiger partial charge in [-0.25, -0.2) is 14.5 Å². The van der Waals surface area contributed by atoms with Crippen molar-refractivity contribution in [2.45, 2.75) is 13.8 Å². The van der Waals surface area contributed by atoms with E-state index in [0.29, 0.717) is 11.6 Å². The molecule has 0 fully saturated rings. The molecule has 0 atom stereocenters. The van der Waals surface area contributed by atoms with Gasteiger partial charge in [0.1, 0.15) is 11.6 Å². The van der Waals surface area contributed by atoms with Crippen molar-refractivity contribution in [2.75, 3.05) is 5.32 Å². The van der Waals surface area contributed by atoms with Crippen LogP contribution in [0.4, 0.5) is 10.7 Å².